The number of amides is 1. The molecule has 2 aromatic rings. The molecule has 0 fully saturated rings. The van der Waals surface area contributed by atoms with Crippen LogP contribution in [-0.4, -0.2) is 25.8 Å². The maximum Gasteiger partial charge on any atom is 0.289 e. The van der Waals surface area contributed by atoms with Crippen LogP contribution in [0.5, 0.6) is 0 Å². The van der Waals surface area contributed by atoms with Gasteiger partial charge in [-0.05, 0) is 30.0 Å². The third kappa shape index (κ3) is 4.08. The van der Waals surface area contributed by atoms with Gasteiger partial charge in [0.2, 0.25) is 5.91 Å². The van der Waals surface area contributed by atoms with Crippen molar-refractivity contribution in [2.45, 2.75) is 31.6 Å². The number of nitro benzene ring substituents is 1. The molecule has 0 bridgehead atoms. The Morgan fingerprint density at radius 2 is 1.63 bits per heavy atom. The summed E-state index contributed by atoms with van der Waals surface area (Å²) >= 11 is 0. The molecule has 0 aromatic heterocycles. The highest BCUT2D eigenvalue weighted by Crippen LogP contribution is 2.34. The number of carbonyl (C=O) groups excluding carboxylic acids is 1. The average molecular weight is 391 g/mol. The van der Waals surface area contributed by atoms with Crippen LogP contribution in [0.2, 0.25) is 0 Å². The van der Waals surface area contributed by atoms with Gasteiger partial charge in [0.05, 0.1) is 10.6 Å². The third-order valence-electron chi connectivity index (χ3n) is 4.14. The summed E-state index contributed by atoms with van der Waals surface area (Å²) in [6.45, 7) is 3.11. The van der Waals surface area contributed by atoms with Crippen molar-refractivity contribution in [2.75, 3.05) is 10.8 Å². The fourth-order valence-electron chi connectivity index (χ4n) is 2.91. The number of carbonyl (C=O) groups is 1. The number of rotatable bonds is 8. The molecule has 0 spiro atoms. The molecule has 0 aliphatic rings. The van der Waals surface area contributed by atoms with Crippen LogP contribution < -0.4 is 10.0 Å². The number of nitro groups is 1. The van der Waals surface area contributed by atoms with Gasteiger partial charge in [-0.3, -0.25) is 19.2 Å². The smallest absolute Gasteiger partial charge is 0.289 e. The van der Waals surface area contributed by atoms with Crippen LogP contribution in [0.3, 0.4) is 0 Å². The lowest BCUT2D eigenvalue weighted by atomic mass is 10.0. The van der Waals surface area contributed by atoms with E-state index in [1.807, 2.05) is 13.8 Å². The van der Waals surface area contributed by atoms with Crippen molar-refractivity contribution in [1.29, 1.82) is 0 Å². The van der Waals surface area contributed by atoms with Gasteiger partial charge in [-0.15, -0.1) is 0 Å². The third-order valence-corrected chi connectivity index (χ3v) is 5.94. The van der Waals surface area contributed by atoms with E-state index in [1.54, 1.807) is 18.2 Å². The summed E-state index contributed by atoms with van der Waals surface area (Å²) in [5, 5.41) is 11.3. The maximum absolute atomic E-state index is 13.3. The normalized spacial score (nSPS) is 11.2. The number of benzene rings is 2. The fraction of sp³-hybridized carbons (Fsp3) is 0.278. The van der Waals surface area contributed by atoms with Gasteiger partial charge in [-0.25, -0.2) is 8.42 Å². The Labute approximate surface area is 157 Å². The summed E-state index contributed by atoms with van der Waals surface area (Å²) in [5.41, 5.74) is 6.51. The Morgan fingerprint density at radius 1 is 1.07 bits per heavy atom. The first-order valence-electron chi connectivity index (χ1n) is 8.39. The van der Waals surface area contributed by atoms with Crippen LogP contribution in [0.25, 0.3) is 0 Å². The standard InChI is InChI=1S/C18H21N3O5S/c1-3-13-8-7-9-14(4-2)18(13)20(12-17(19)22)27(25,26)16-11-6-5-10-15(16)21(23)24/h5-11H,3-4,12H2,1-2H3,(H2,19,22). The van der Waals surface area contributed by atoms with Crippen molar-refractivity contribution in [2.24, 2.45) is 5.73 Å². The summed E-state index contributed by atoms with van der Waals surface area (Å²) in [5.74, 6) is -0.856. The summed E-state index contributed by atoms with van der Waals surface area (Å²) in [7, 11) is -4.40. The molecule has 0 aliphatic heterocycles. The summed E-state index contributed by atoms with van der Waals surface area (Å²) in [6, 6.07) is 10.4. The van der Waals surface area contributed by atoms with Crippen LogP contribution in [0, 0.1) is 10.1 Å². The zero-order valence-corrected chi connectivity index (χ0v) is 15.9. The zero-order chi connectivity index (χ0) is 20.2. The molecule has 2 aromatic carbocycles. The van der Waals surface area contributed by atoms with E-state index in [2.05, 4.69) is 0 Å². The van der Waals surface area contributed by atoms with Crippen molar-refractivity contribution < 1.29 is 18.1 Å². The van der Waals surface area contributed by atoms with Crippen molar-refractivity contribution in [1.82, 2.24) is 0 Å². The molecule has 9 heteroatoms. The zero-order valence-electron chi connectivity index (χ0n) is 15.1. The summed E-state index contributed by atoms with van der Waals surface area (Å²) < 4.78 is 27.6. The number of para-hydroxylation sites is 2. The van der Waals surface area contributed by atoms with Crippen molar-refractivity contribution >= 4 is 27.3 Å². The molecule has 2 N–H and O–H groups in total. The monoisotopic (exact) mass is 391 g/mol. The summed E-state index contributed by atoms with van der Waals surface area (Å²) in [4.78, 5) is 21.7. The topological polar surface area (TPSA) is 124 Å². The Morgan fingerprint density at radius 3 is 2.11 bits per heavy atom. The van der Waals surface area contributed by atoms with E-state index < -0.39 is 38.0 Å². The van der Waals surface area contributed by atoms with E-state index in [0.717, 1.165) is 16.4 Å². The number of primary amides is 1. The van der Waals surface area contributed by atoms with Crippen molar-refractivity contribution in [3.8, 4) is 0 Å². The molecule has 2 rings (SSSR count). The van der Waals surface area contributed by atoms with Gasteiger partial charge >= 0.3 is 0 Å². The minimum atomic E-state index is -4.40. The molecule has 0 saturated carbocycles. The van der Waals surface area contributed by atoms with Crippen LogP contribution in [-0.2, 0) is 27.7 Å². The number of hydrogen-bond donors (Lipinski definition) is 1. The predicted molar refractivity (Wildman–Crippen MR) is 102 cm³/mol. The number of anilines is 1. The Kier molecular flexibility index (Phi) is 6.17. The first kappa shape index (κ1) is 20.4. The highest BCUT2D eigenvalue weighted by molar-refractivity contribution is 7.93. The SMILES string of the molecule is CCc1cccc(CC)c1N(CC(N)=O)S(=O)(=O)c1ccccc1[N+](=O)[O-]. The van der Waals surface area contributed by atoms with Gasteiger partial charge in [-0.2, -0.15) is 0 Å². The maximum atomic E-state index is 13.3. The molecular formula is C18H21N3O5S. The highest BCUT2D eigenvalue weighted by atomic mass is 32.2. The molecule has 0 atom stereocenters. The number of aryl methyl sites for hydroxylation is 2. The predicted octanol–water partition coefficient (Wildman–Crippen LogP) is 2.40. The summed E-state index contributed by atoms with van der Waals surface area (Å²) in [6.07, 6.45) is 1.04. The first-order valence-corrected chi connectivity index (χ1v) is 9.83. The minimum Gasteiger partial charge on any atom is -0.368 e. The lowest BCUT2D eigenvalue weighted by Crippen LogP contribution is -2.40. The molecule has 0 heterocycles. The van der Waals surface area contributed by atoms with E-state index in [-0.39, 0.29) is 0 Å². The van der Waals surface area contributed by atoms with Crippen LogP contribution in [0.4, 0.5) is 11.4 Å². The second-order valence-electron chi connectivity index (χ2n) is 5.83. The molecule has 144 valence electrons. The lowest BCUT2D eigenvalue weighted by molar-refractivity contribution is -0.387. The Balaban J connectivity index is 2.80. The average Bonchev–Trinajstić information content (AvgIpc) is 2.65. The van der Waals surface area contributed by atoms with Crippen molar-refractivity contribution in [3.63, 3.8) is 0 Å². The number of nitrogens with zero attached hydrogens (tertiary/aromatic N) is 2. The quantitative estimate of drug-likeness (QED) is 0.546. The molecule has 0 aliphatic carbocycles. The first-order chi connectivity index (χ1) is 12.7. The van der Waals surface area contributed by atoms with Gasteiger partial charge < -0.3 is 5.73 Å². The lowest BCUT2D eigenvalue weighted by Gasteiger charge is -2.27. The van der Waals surface area contributed by atoms with Gasteiger partial charge in [0.25, 0.3) is 15.7 Å². The molecule has 0 radical (unpaired) electrons. The molecule has 1 amide bonds. The van der Waals surface area contributed by atoms with Crippen LogP contribution >= 0.6 is 0 Å². The second kappa shape index (κ2) is 8.17. The van der Waals surface area contributed by atoms with Gasteiger partial charge in [0, 0.05) is 6.07 Å². The van der Waals surface area contributed by atoms with E-state index in [1.165, 1.54) is 12.1 Å². The molecule has 8 nitrogen and oxygen atoms in total. The van der Waals surface area contributed by atoms with Crippen LogP contribution in [0.1, 0.15) is 25.0 Å². The number of hydrogen-bond acceptors (Lipinski definition) is 5. The van der Waals surface area contributed by atoms with E-state index in [4.69, 9.17) is 5.73 Å². The van der Waals surface area contributed by atoms with Crippen molar-refractivity contribution in [3.05, 3.63) is 63.7 Å². The number of sulfonamides is 1. The molecule has 0 saturated heterocycles. The van der Waals surface area contributed by atoms with E-state index >= 15 is 0 Å². The van der Waals surface area contributed by atoms with Gasteiger partial charge in [-0.1, -0.05) is 44.2 Å². The number of nitrogens with two attached hydrogens (primary N) is 1. The van der Waals surface area contributed by atoms with Gasteiger partial charge in [0.1, 0.15) is 6.54 Å². The van der Waals surface area contributed by atoms with E-state index in [0.29, 0.717) is 29.7 Å². The van der Waals surface area contributed by atoms with Crippen LogP contribution in [0.15, 0.2) is 47.4 Å². The largest absolute Gasteiger partial charge is 0.368 e. The van der Waals surface area contributed by atoms with Gasteiger partial charge in [0.15, 0.2) is 4.90 Å². The highest BCUT2D eigenvalue weighted by Gasteiger charge is 2.34. The van der Waals surface area contributed by atoms with E-state index in [9.17, 15) is 23.3 Å². The minimum absolute atomic E-state index is 0.347. The Bertz CT molecular complexity index is 950. The molecular weight excluding hydrogens is 370 g/mol. The Hall–Kier alpha value is -2.94. The molecule has 0 unspecified atom stereocenters. The molecule has 27 heavy (non-hydrogen) atoms. The fourth-order valence-corrected chi connectivity index (χ4v) is 4.57. The second-order valence-corrected chi connectivity index (χ2v) is 7.67.